The fourth-order valence-corrected chi connectivity index (χ4v) is 3.41. The Kier molecular flexibility index (Phi) is 6.44. The van der Waals surface area contributed by atoms with Crippen molar-refractivity contribution < 1.29 is 28.3 Å². The molecular weight excluding hydrogens is 438 g/mol. The summed E-state index contributed by atoms with van der Waals surface area (Å²) in [5.41, 5.74) is 3.81. The average molecular weight is 461 g/mol. The van der Waals surface area contributed by atoms with E-state index >= 15 is 0 Å². The first-order chi connectivity index (χ1) is 16.4. The van der Waals surface area contributed by atoms with E-state index in [-0.39, 0.29) is 11.3 Å². The Hall–Kier alpha value is -4.40. The molecule has 0 aliphatic carbocycles. The van der Waals surface area contributed by atoms with Crippen LogP contribution in [0.25, 0.3) is 22.4 Å². The molecule has 2 aromatic carbocycles. The molecule has 0 aliphatic heterocycles. The van der Waals surface area contributed by atoms with Gasteiger partial charge in [0.2, 0.25) is 0 Å². The first-order valence-corrected chi connectivity index (χ1v) is 10.4. The van der Waals surface area contributed by atoms with Crippen LogP contribution in [0.3, 0.4) is 0 Å². The van der Waals surface area contributed by atoms with E-state index < -0.39 is 18.5 Å². The Balaban J connectivity index is 1.54. The van der Waals surface area contributed by atoms with Gasteiger partial charge < -0.3 is 24.1 Å². The van der Waals surface area contributed by atoms with Gasteiger partial charge in [-0.05, 0) is 19.9 Å². The molecule has 0 saturated carbocycles. The molecule has 0 radical (unpaired) electrons. The van der Waals surface area contributed by atoms with Crippen LogP contribution in [-0.4, -0.2) is 42.8 Å². The van der Waals surface area contributed by atoms with E-state index in [4.69, 9.17) is 18.7 Å². The maximum absolute atomic E-state index is 13.0. The van der Waals surface area contributed by atoms with Gasteiger partial charge in [0.15, 0.2) is 6.61 Å². The highest BCUT2D eigenvalue weighted by molar-refractivity contribution is 6.05. The zero-order valence-corrected chi connectivity index (χ0v) is 19.2. The number of amides is 1. The molecule has 34 heavy (non-hydrogen) atoms. The highest BCUT2D eigenvalue weighted by Gasteiger charge is 2.21. The second kappa shape index (κ2) is 9.62. The van der Waals surface area contributed by atoms with Gasteiger partial charge in [0.1, 0.15) is 11.5 Å². The van der Waals surface area contributed by atoms with Crippen LogP contribution in [0.5, 0.6) is 11.5 Å². The number of esters is 1. The minimum atomic E-state index is -0.689. The molecule has 0 bridgehead atoms. The van der Waals surface area contributed by atoms with Gasteiger partial charge in [0.25, 0.3) is 11.6 Å². The lowest BCUT2D eigenvalue weighted by Crippen LogP contribution is -2.21. The van der Waals surface area contributed by atoms with Crippen LogP contribution in [0.1, 0.15) is 21.6 Å². The second-order valence-corrected chi connectivity index (χ2v) is 7.59. The van der Waals surface area contributed by atoms with Gasteiger partial charge in [-0.25, -0.2) is 9.78 Å². The highest BCUT2D eigenvalue weighted by Crippen LogP contribution is 2.28. The van der Waals surface area contributed by atoms with Crippen LogP contribution in [0.2, 0.25) is 0 Å². The third-order valence-corrected chi connectivity index (χ3v) is 5.15. The van der Waals surface area contributed by atoms with Crippen molar-refractivity contribution in [3.05, 3.63) is 65.4 Å². The smallest absolute Gasteiger partial charge is 0.339 e. The number of carbonyl (C=O) groups is 2. The Bertz CT molecular complexity index is 1340. The first-order valence-electron chi connectivity index (χ1n) is 10.4. The predicted octanol–water partition coefficient (Wildman–Crippen LogP) is 4.32. The van der Waals surface area contributed by atoms with Gasteiger partial charge in [-0.2, -0.15) is 0 Å². The number of pyridine rings is 1. The summed E-state index contributed by atoms with van der Waals surface area (Å²) < 4.78 is 21.0. The minimum absolute atomic E-state index is 0.218. The number of benzene rings is 2. The number of carbonyl (C=O) groups excluding carboxylic acids is 2. The van der Waals surface area contributed by atoms with E-state index in [1.54, 1.807) is 31.2 Å². The van der Waals surface area contributed by atoms with Crippen molar-refractivity contribution in [3.8, 4) is 22.8 Å². The number of nitrogens with zero attached hydrogens (tertiary/aromatic N) is 2. The molecule has 0 fully saturated rings. The summed E-state index contributed by atoms with van der Waals surface area (Å²) in [4.78, 5) is 29.9. The minimum Gasteiger partial charge on any atom is -0.497 e. The number of aryl methyl sites for hydroxylation is 2. The normalized spacial score (nSPS) is 10.7. The monoisotopic (exact) mass is 461 g/mol. The molecule has 0 unspecified atom stereocenters. The molecule has 0 saturated heterocycles. The maximum Gasteiger partial charge on any atom is 0.339 e. The molecule has 2 heterocycles. The fourth-order valence-electron chi connectivity index (χ4n) is 3.41. The van der Waals surface area contributed by atoms with Crippen molar-refractivity contribution >= 4 is 28.7 Å². The second-order valence-electron chi connectivity index (χ2n) is 7.59. The summed E-state index contributed by atoms with van der Waals surface area (Å²) in [6.07, 6.45) is 0. The lowest BCUT2D eigenvalue weighted by molar-refractivity contribution is -0.119. The third-order valence-electron chi connectivity index (χ3n) is 5.15. The van der Waals surface area contributed by atoms with Crippen LogP contribution >= 0.6 is 0 Å². The highest BCUT2D eigenvalue weighted by atomic mass is 16.5. The van der Waals surface area contributed by atoms with Gasteiger partial charge in [0.05, 0.1) is 36.6 Å². The Labute approximate surface area is 195 Å². The topological polar surface area (TPSA) is 113 Å². The van der Waals surface area contributed by atoms with E-state index in [0.717, 1.165) is 11.1 Å². The number of anilines is 1. The van der Waals surface area contributed by atoms with Crippen molar-refractivity contribution in [2.45, 2.75) is 13.8 Å². The first kappa shape index (κ1) is 22.8. The van der Waals surface area contributed by atoms with E-state index in [2.05, 4.69) is 15.5 Å². The molecule has 0 spiro atoms. The van der Waals surface area contributed by atoms with Crippen molar-refractivity contribution in [1.29, 1.82) is 0 Å². The van der Waals surface area contributed by atoms with Crippen molar-refractivity contribution in [2.75, 3.05) is 26.1 Å². The summed E-state index contributed by atoms with van der Waals surface area (Å²) >= 11 is 0. The maximum atomic E-state index is 13.0. The molecule has 9 nitrogen and oxygen atoms in total. The van der Waals surface area contributed by atoms with E-state index in [9.17, 15) is 9.59 Å². The van der Waals surface area contributed by atoms with Crippen molar-refractivity contribution in [3.63, 3.8) is 0 Å². The summed E-state index contributed by atoms with van der Waals surface area (Å²) in [7, 11) is 3.02. The number of nitrogens with one attached hydrogen (secondary N) is 1. The molecule has 1 N–H and O–H groups in total. The number of hydrogen-bond donors (Lipinski definition) is 1. The zero-order valence-electron chi connectivity index (χ0n) is 19.2. The summed E-state index contributed by atoms with van der Waals surface area (Å²) in [5, 5.41) is 7.03. The fraction of sp³-hybridized carbons (Fsp3) is 0.200. The Morgan fingerprint density at radius 3 is 2.29 bits per heavy atom. The van der Waals surface area contributed by atoms with Crippen LogP contribution in [0, 0.1) is 13.8 Å². The Morgan fingerprint density at radius 1 is 0.971 bits per heavy atom. The largest absolute Gasteiger partial charge is 0.497 e. The van der Waals surface area contributed by atoms with Crippen LogP contribution in [-0.2, 0) is 9.53 Å². The number of rotatable bonds is 7. The lowest BCUT2D eigenvalue weighted by Gasteiger charge is -2.11. The van der Waals surface area contributed by atoms with Gasteiger partial charge >= 0.3 is 5.97 Å². The molecule has 174 valence electrons. The molecular formula is C25H23N3O6. The van der Waals surface area contributed by atoms with Crippen LogP contribution in [0.4, 0.5) is 5.69 Å². The quantitative estimate of drug-likeness (QED) is 0.405. The molecule has 0 atom stereocenters. The number of methoxy groups -OCH3 is 2. The van der Waals surface area contributed by atoms with Crippen LogP contribution < -0.4 is 14.8 Å². The van der Waals surface area contributed by atoms with E-state index in [1.807, 2.05) is 31.2 Å². The number of hydrogen-bond acceptors (Lipinski definition) is 8. The van der Waals surface area contributed by atoms with Crippen molar-refractivity contribution in [2.24, 2.45) is 0 Å². The lowest BCUT2D eigenvalue weighted by atomic mass is 10.0. The van der Waals surface area contributed by atoms with Gasteiger partial charge in [-0.15, -0.1) is 0 Å². The summed E-state index contributed by atoms with van der Waals surface area (Å²) in [6, 6.07) is 14.2. The molecule has 9 heteroatoms. The van der Waals surface area contributed by atoms with Crippen LogP contribution in [0.15, 0.2) is 53.1 Å². The van der Waals surface area contributed by atoms with E-state index in [1.165, 1.54) is 14.2 Å². The summed E-state index contributed by atoms with van der Waals surface area (Å²) in [5.74, 6) is -0.185. The molecule has 4 rings (SSSR count). The average Bonchev–Trinajstić information content (AvgIpc) is 3.22. The molecule has 4 aromatic rings. The van der Waals surface area contributed by atoms with Gasteiger partial charge in [-0.3, -0.25) is 4.79 Å². The van der Waals surface area contributed by atoms with Crippen molar-refractivity contribution in [1.82, 2.24) is 10.1 Å². The summed E-state index contributed by atoms with van der Waals surface area (Å²) in [6.45, 7) is 3.20. The molecule has 0 aliphatic rings. The standard InChI is InChI=1S/C25H23N3O6/c1-14-5-7-16(8-6-14)21-12-20(23-15(2)28-34-24(23)27-21)25(30)33-13-22(29)26-17-9-18(31-3)11-19(10-17)32-4/h5-12H,13H2,1-4H3,(H,26,29). The third kappa shape index (κ3) is 4.83. The molecule has 2 aromatic heterocycles. The SMILES string of the molecule is COc1cc(NC(=O)COC(=O)c2cc(-c3ccc(C)cc3)nc3onc(C)c23)cc(OC)c1. The van der Waals surface area contributed by atoms with Gasteiger partial charge in [0, 0.05) is 29.4 Å². The zero-order chi connectivity index (χ0) is 24.2. The number of fused-ring (bicyclic) bond motifs is 1. The van der Waals surface area contributed by atoms with Gasteiger partial charge in [-0.1, -0.05) is 35.0 Å². The molecule has 1 amide bonds. The number of ether oxygens (including phenoxy) is 3. The Morgan fingerprint density at radius 2 is 1.65 bits per heavy atom. The predicted molar refractivity (Wildman–Crippen MR) is 125 cm³/mol. The number of aromatic nitrogens is 2. The van der Waals surface area contributed by atoms with E-state index in [0.29, 0.717) is 34.0 Å².